The van der Waals surface area contributed by atoms with Crippen molar-refractivity contribution < 1.29 is 24.8 Å². The Morgan fingerprint density at radius 1 is 1.21 bits per heavy atom. The molecule has 19 heavy (non-hydrogen) atoms. The molecule has 0 spiro atoms. The summed E-state index contributed by atoms with van der Waals surface area (Å²) in [5, 5.41) is 28.9. The molecule has 1 fully saturated rings. The molecule has 1 saturated heterocycles. The largest absolute Gasteiger partial charge is 0.454 e. The fourth-order valence-electron chi connectivity index (χ4n) is 2.43. The fraction of sp³-hybridized carbons (Fsp3) is 0.917. The zero-order valence-corrected chi connectivity index (χ0v) is 11.3. The Balaban J connectivity index is 2.10. The van der Waals surface area contributed by atoms with Crippen LogP contribution in [0.5, 0.6) is 0 Å². The first-order valence-corrected chi connectivity index (χ1v) is 6.74. The lowest BCUT2D eigenvalue weighted by Crippen LogP contribution is -2.56. The number of aliphatic hydroxyl groups is 3. The van der Waals surface area contributed by atoms with Gasteiger partial charge in [-0.3, -0.25) is 0 Å². The van der Waals surface area contributed by atoms with Gasteiger partial charge in [0.1, 0.15) is 12.2 Å². The smallest absolute Gasteiger partial charge is 0.290 e. The Hall–Kier alpha value is -0.890. The van der Waals surface area contributed by atoms with Crippen LogP contribution in [0.4, 0.5) is 0 Å². The summed E-state index contributed by atoms with van der Waals surface area (Å²) in [6, 6.07) is 0.441. The van der Waals surface area contributed by atoms with Gasteiger partial charge in [-0.2, -0.15) is 4.99 Å². The second-order valence-electron chi connectivity index (χ2n) is 4.72. The molecule has 0 aromatic heterocycles. The van der Waals surface area contributed by atoms with Crippen LogP contribution in [0.3, 0.4) is 0 Å². The third kappa shape index (κ3) is 2.69. The van der Waals surface area contributed by atoms with Crippen molar-refractivity contribution in [1.82, 2.24) is 4.90 Å². The van der Waals surface area contributed by atoms with Crippen molar-refractivity contribution in [2.24, 2.45) is 4.99 Å². The van der Waals surface area contributed by atoms with Crippen LogP contribution in [0.2, 0.25) is 0 Å². The molecule has 0 aromatic rings. The molecule has 5 atom stereocenters. The molecule has 0 aliphatic carbocycles. The second-order valence-corrected chi connectivity index (χ2v) is 4.72. The zero-order valence-electron chi connectivity index (χ0n) is 11.3. The number of fused-ring (bicyclic) bond motifs is 1. The van der Waals surface area contributed by atoms with E-state index >= 15 is 0 Å². The third-order valence-electron chi connectivity index (χ3n) is 3.59. The molecule has 2 aliphatic rings. The summed E-state index contributed by atoms with van der Waals surface area (Å²) in [6.07, 6.45) is -3.79. The quantitative estimate of drug-likeness (QED) is 0.603. The Morgan fingerprint density at radius 3 is 2.47 bits per heavy atom. The van der Waals surface area contributed by atoms with Gasteiger partial charge in [0.15, 0.2) is 12.3 Å². The van der Waals surface area contributed by atoms with Gasteiger partial charge in [0.05, 0.1) is 6.10 Å². The van der Waals surface area contributed by atoms with E-state index in [0.717, 1.165) is 13.1 Å². The van der Waals surface area contributed by atoms with Crippen molar-refractivity contribution in [2.45, 2.75) is 50.9 Å². The highest BCUT2D eigenvalue weighted by molar-refractivity contribution is 5.75. The molecular weight excluding hydrogens is 252 g/mol. The Morgan fingerprint density at radius 2 is 1.89 bits per heavy atom. The van der Waals surface area contributed by atoms with Crippen LogP contribution in [0.1, 0.15) is 20.3 Å². The van der Waals surface area contributed by atoms with Crippen molar-refractivity contribution in [1.29, 1.82) is 0 Å². The highest BCUT2D eigenvalue weighted by Crippen LogP contribution is 2.30. The summed E-state index contributed by atoms with van der Waals surface area (Å²) >= 11 is 0. The monoisotopic (exact) mass is 274 g/mol. The number of hydrogen-bond donors (Lipinski definition) is 3. The van der Waals surface area contributed by atoms with Gasteiger partial charge < -0.3 is 29.7 Å². The first-order valence-electron chi connectivity index (χ1n) is 6.74. The number of ether oxygens (including phenoxy) is 2. The number of aliphatic imine (C=N–C) groups is 1. The second kappa shape index (κ2) is 6.04. The van der Waals surface area contributed by atoms with E-state index in [9.17, 15) is 10.2 Å². The molecule has 7 nitrogen and oxygen atoms in total. The van der Waals surface area contributed by atoms with Crippen molar-refractivity contribution >= 4 is 6.02 Å². The maximum atomic E-state index is 10.1. The summed E-state index contributed by atoms with van der Waals surface area (Å²) in [5.74, 6) is 0. The van der Waals surface area contributed by atoms with Crippen LogP contribution in [0.15, 0.2) is 4.99 Å². The van der Waals surface area contributed by atoms with E-state index in [1.54, 1.807) is 0 Å². The molecule has 3 N–H and O–H groups in total. The van der Waals surface area contributed by atoms with Gasteiger partial charge in [0.2, 0.25) is 0 Å². The lowest BCUT2D eigenvalue weighted by atomic mass is 9.96. The molecule has 0 unspecified atom stereocenters. The molecule has 7 heteroatoms. The summed E-state index contributed by atoms with van der Waals surface area (Å²) in [6.45, 7) is 5.34. The van der Waals surface area contributed by atoms with E-state index in [1.807, 2.05) is 18.7 Å². The summed E-state index contributed by atoms with van der Waals surface area (Å²) in [5.41, 5.74) is 0. The van der Waals surface area contributed by atoms with Crippen molar-refractivity contribution in [3.8, 4) is 0 Å². The first-order chi connectivity index (χ1) is 9.12. The topological polar surface area (TPSA) is 94.8 Å². The summed E-state index contributed by atoms with van der Waals surface area (Å²) in [4.78, 5) is 6.23. The van der Waals surface area contributed by atoms with Gasteiger partial charge in [-0.1, -0.05) is 0 Å². The van der Waals surface area contributed by atoms with E-state index in [1.165, 1.54) is 0 Å². The standard InChI is InChI=1S/C12H22N2O5/c1-3-14(4-2)12-13-11-10(19-12)9(17)8(16)7(18-11)5-6-15/h7-11,15-17H,3-6H2,1-2H3/t7-,8-,9+,10-,11-/m1/s1. The van der Waals surface area contributed by atoms with Crippen LogP contribution in [-0.2, 0) is 9.47 Å². The van der Waals surface area contributed by atoms with Gasteiger partial charge in [0.25, 0.3) is 6.02 Å². The van der Waals surface area contributed by atoms with Crippen LogP contribution < -0.4 is 0 Å². The van der Waals surface area contributed by atoms with Gasteiger partial charge in [-0.25, -0.2) is 0 Å². The highest BCUT2D eigenvalue weighted by atomic mass is 16.6. The van der Waals surface area contributed by atoms with Gasteiger partial charge in [0, 0.05) is 19.7 Å². The molecule has 110 valence electrons. The van der Waals surface area contributed by atoms with Gasteiger partial charge in [-0.15, -0.1) is 0 Å². The van der Waals surface area contributed by atoms with Crippen LogP contribution >= 0.6 is 0 Å². The highest BCUT2D eigenvalue weighted by Gasteiger charge is 2.49. The minimum Gasteiger partial charge on any atom is -0.454 e. The number of hydrogen-bond acceptors (Lipinski definition) is 7. The minimum absolute atomic E-state index is 0.112. The Bertz CT molecular complexity index is 334. The molecular formula is C12H22N2O5. The van der Waals surface area contributed by atoms with Crippen molar-refractivity contribution in [3.63, 3.8) is 0 Å². The predicted octanol–water partition coefficient (Wildman–Crippen LogP) is -1.09. The average molecular weight is 274 g/mol. The van der Waals surface area contributed by atoms with Gasteiger partial charge in [-0.05, 0) is 20.3 Å². The Labute approximate surface area is 112 Å². The molecule has 2 rings (SSSR count). The number of nitrogens with zero attached hydrogens (tertiary/aromatic N) is 2. The normalized spacial score (nSPS) is 37.5. The van der Waals surface area contributed by atoms with E-state index in [-0.39, 0.29) is 13.0 Å². The number of aliphatic hydroxyl groups excluding tert-OH is 3. The Kier molecular flexibility index (Phi) is 4.62. The molecule has 0 amide bonds. The van der Waals surface area contributed by atoms with Gasteiger partial charge >= 0.3 is 0 Å². The summed E-state index contributed by atoms with van der Waals surface area (Å²) in [7, 11) is 0. The average Bonchev–Trinajstić information content (AvgIpc) is 2.81. The van der Waals surface area contributed by atoms with E-state index in [4.69, 9.17) is 14.6 Å². The van der Waals surface area contributed by atoms with Crippen molar-refractivity contribution in [2.75, 3.05) is 19.7 Å². The van der Waals surface area contributed by atoms with Crippen LogP contribution in [-0.4, -0.2) is 76.6 Å². The SMILES string of the molecule is CCN(CC)C1=N[C@@H]2O[C@H](CCO)[C@@H](O)[C@H](O)[C@H]2O1. The van der Waals surface area contributed by atoms with Crippen molar-refractivity contribution in [3.05, 3.63) is 0 Å². The molecule has 0 radical (unpaired) electrons. The van der Waals surface area contributed by atoms with E-state index in [2.05, 4.69) is 4.99 Å². The number of amidine groups is 1. The molecule has 0 saturated carbocycles. The first kappa shape index (κ1) is 14.5. The lowest BCUT2D eigenvalue weighted by Gasteiger charge is -2.37. The maximum absolute atomic E-state index is 10.1. The predicted molar refractivity (Wildman–Crippen MR) is 67.6 cm³/mol. The van der Waals surface area contributed by atoms with Crippen LogP contribution in [0, 0.1) is 0 Å². The molecule has 2 heterocycles. The zero-order chi connectivity index (χ0) is 14.0. The number of rotatable bonds is 4. The fourth-order valence-corrected chi connectivity index (χ4v) is 2.43. The summed E-state index contributed by atoms with van der Waals surface area (Å²) < 4.78 is 11.2. The maximum Gasteiger partial charge on any atom is 0.290 e. The molecule has 2 aliphatic heterocycles. The molecule has 0 bridgehead atoms. The van der Waals surface area contributed by atoms with Crippen LogP contribution in [0.25, 0.3) is 0 Å². The lowest BCUT2D eigenvalue weighted by molar-refractivity contribution is -0.209. The third-order valence-corrected chi connectivity index (χ3v) is 3.59. The van der Waals surface area contributed by atoms with E-state index < -0.39 is 30.6 Å². The molecule has 0 aromatic carbocycles. The minimum atomic E-state index is -1.07. The van der Waals surface area contributed by atoms with E-state index in [0.29, 0.717) is 6.02 Å².